The minimum Gasteiger partial charge on any atom is -0.405 e. The van der Waals surface area contributed by atoms with E-state index in [1.807, 2.05) is 0 Å². The molecule has 0 radical (unpaired) electrons. The zero-order chi connectivity index (χ0) is 22.1. The van der Waals surface area contributed by atoms with Crippen molar-refractivity contribution >= 4 is 11.6 Å². The maximum Gasteiger partial charge on any atom is 0.573 e. The van der Waals surface area contributed by atoms with Gasteiger partial charge >= 0.3 is 12.5 Å². The first-order valence-corrected chi connectivity index (χ1v) is 8.26. The summed E-state index contributed by atoms with van der Waals surface area (Å²) in [5.41, 5.74) is -1.82. The van der Waals surface area contributed by atoms with Gasteiger partial charge in [0, 0.05) is 11.3 Å². The molecule has 5 nitrogen and oxygen atoms in total. The summed E-state index contributed by atoms with van der Waals surface area (Å²) in [7, 11) is 0. The van der Waals surface area contributed by atoms with E-state index < -0.39 is 29.8 Å². The summed E-state index contributed by atoms with van der Waals surface area (Å²) in [5, 5.41) is 5.91. The van der Waals surface area contributed by atoms with Crippen molar-refractivity contribution in [3.8, 4) is 17.0 Å². The summed E-state index contributed by atoms with van der Waals surface area (Å²) in [6, 6.07) is 8.85. The second-order valence-corrected chi connectivity index (χ2v) is 6.04. The normalized spacial score (nSPS) is 12.0. The molecule has 1 N–H and O–H groups in total. The summed E-state index contributed by atoms with van der Waals surface area (Å²) in [6.07, 6.45) is -9.61. The van der Waals surface area contributed by atoms with E-state index >= 15 is 0 Å². The molecule has 0 aliphatic rings. The standard InChI is InChI=1S/C19H12F6N2O3/c1-10-15(17(28)26-12-6-4-5-11(9-12)18(20,21)22)16(27-30-10)13-7-2-3-8-14(13)29-19(23,24)25/h2-9H,1H3,(H,26,28). The fraction of sp³-hybridized carbons (Fsp3) is 0.158. The molecule has 0 unspecified atom stereocenters. The topological polar surface area (TPSA) is 64.4 Å². The lowest BCUT2D eigenvalue weighted by molar-refractivity contribution is -0.274. The van der Waals surface area contributed by atoms with Crippen molar-refractivity contribution in [2.45, 2.75) is 19.5 Å². The zero-order valence-corrected chi connectivity index (χ0v) is 15.1. The largest absolute Gasteiger partial charge is 0.573 e. The lowest BCUT2D eigenvalue weighted by Crippen LogP contribution is -2.18. The van der Waals surface area contributed by atoms with Crippen LogP contribution in [0.1, 0.15) is 21.7 Å². The van der Waals surface area contributed by atoms with Crippen molar-refractivity contribution in [1.29, 1.82) is 0 Å². The highest BCUT2D eigenvalue weighted by Gasteiger charge is 2.34. The van der Waals surface area contributed by atoms with Gasteiger partial charge in [-0.05, 0) is 37.3 Å². The van der Waals surface area contributed by atoms with Gasteiger partial charge in [0.2, 0.25) is 0 Å². The smallest absolute Gasteiger partial charge is 0.405 e. The molecule has 158 valence electrons. The predicted octanol–water partition coefficient (Wildman–Crippen LogP) is 5.82. The number of para-hydroxylation sites is 1. The molecule has 0 aliphatic heterocycles. The molecule has 30 heavy (non-hydrogen) atoms. The summed E-state index contributed by atoms with van der Waals surface area (Å²) < 4.78 is 85.6. The van der Waals surface area contributed by atoms with Gasteiger partial charge in [-0.2, -0.15) is 13.2 Å². The molecule has 0 bridgehead atoms. The van der Waals surface area contributed by atoms with Crippen LogP contribution in [0, 0.1) is 6.92 Å². The number of halogens is 6. The highest BCUT2D eigenvalue weighted by Crippen LogP contribution is 2.36. The molecule has 0 atom stereocenters. The fourth-order valence-corrected chi connectivity index (χ4v) is 2.67. The first-order chi connectivity index (χ1) is 14.0. The maximum atomic E-state index is 12.9. The average molecular weight is 430 g/mol. The Morgan fingerprint density at radius 1 is 1.03 bits per heavy atom. The van der Waals surface area contributed by atoms with Crippen LogP contribution >= 0.6 is 0 Å². The lowest BCUT2D eigenvalue weighted by atomic mass is 10.0. The number of benzene rings is 2. The van der Waals surface area contributed by atoms with Crippen molar-refractivity contribution in [3.63, 3.8) is 0 Å². The van der Waals surface area contributed by atoms with Crippen molar-refractivity contribution in [2.75, 3.05) is 5.32 Å². The zero-order valence-electron chi connectivity index (χ0n) is 15.1. The van der Waals surface area contributed by atoms with Gasteiger partial charge in [-0.3, -0.25) is 4.79 Å². The molecule has 0 spiro atoms. The first kappa shape index (κ1) is 21.2. The molecule has 3 rings (SSSR count). The summed E-state index contributed by atoms with van der Waals surface area (Å²) in [6.45, 7) is 1.34. The van der Waals surface area contributed by atoms with Crippen LogP contribution in [-0.2, 0) is 6.18 Å². The molecule has 11 heteroatoms. The summed E-state index contributed by atoms with van der Waals surface area (Å²) >= 11 is 0. The number of hydrogen-bond acceptors (Lipinski definition) is 4. The lowest BCUT2D eigenvalue weighted by Gasteiger charge is -2.13. The number of nitrogens with zero attached hydrogens (tertiary/aromatic N) is 1. The Balaban J connectivity index is 1.97. The maximum absolute atomic E-state index is 12.9. The van der Waals surface area contributed by atoms with Gasteiger partial charge in [-0.15, -0.1) is 13.2 Å². The molecule has 2 aromatic carbocycles. The van der Waals surface area contributed by atoms with Gasteiger partial charge in [-0.1, -0.05) is 23.4 Å². The third kappa shape index (κ3) is 4.73. The molecule has 0 saturated heterocycles. The minimum atomic E-state index is -4.99. The Morgan fingerprint density at radius 3 is 2.40 bits per heavy atom. The second kappa shape index (κ2) is 7.73. The Hall–Kier alpha value is -3.50. The van der Waals surface area contributed by atoms with Gasteiger partial charge in [0.25, 0.3) is 5.91 Å². The fourth-order valence-electron chi connectivity index (χ4n) is 2.67. The van der Waals surface area contributed by atoms with E-state index in [0.29, 0.717) is 0 Å². The van der Waals surface area contributed by atoms with Gasteiger partial charge in [0.1, 0.15) is 22.8 Å². The third-order valence-corrected chi connectivity index (χ3v) is 3.91. The highest BCUT2D eigenvalue weighted by molar-refractivity contribution is 6.09. The van der Waals surface area contributed by atoms with Crippen LogP contribution in [-0.4, -0.2) is 17.4 Å². The van der Waals surface area contributed by atoms with Crippen molar-refractivity contribution in [1.82, 2.24) is 5.16 Å². The van der Waals surface area contributed by atoms with Crippen LogP contribution in [0.3, 0.4) is 0 Å². The molecular weight excluding hydrogens is 418 g/mol. The number of alkyl halides is 6. The van der Waals surface area contributed by atoms with Crippen LogP contribution in [0.15, 0.2) is 53.1 Å². The summed E-state index contributed by atoms with van der Waals surface area (Å²) in [4.78, 5) is 12.7. The van der Waals surface area contributed by atoms with E-state index in [4.69, 9.17) is 4.52 Å². The number of nitrogens with one attached hydrogen (secondary N) is 1. The van der Waals surface area contributed by atoms with Crippen LogP contribution in [0.4, 0.5) is 32.0 Å². The molecule has 0 aliphatic carbocycles. The molecule has 1 heterocycles. The first-order valence-electron chi connectivity index (χ1n) is 8.26. The Bertz CT molecular complexity index is 1070. The van der Waals surface area contributed by atoms with Gasteiger partial charge in [0.15, 0.2) is 0 Å². The van der Waals surface area contributed by atoms with E-state index in [-0.39, 0.29) is 28.3 Å². The molecule has 0 fully saturated rings. The molecule has 1 amide bonds. The van der Waals surface area contributed by atoms with Crippen LogP contribution in [0.5, 0.6) is 5.75 Å². The number of anilines is 1. The average Bonchev–Trinajstić information content (AvgIpc) is 3.02. The second-order valence-electron chi connectivity index (χ2n) is 6.04. The predicted molar refractivity (Wildman–Crippen MR) is 92.8 cm³/mol. The number of carbonyl (C=O) groups is 1. The number of amides is 1. The van der Waals surface area contributed by atoms with Gasteiger partial charge < -0.3 is 14.6 Å². The summed E-state index contributed by atoms with van der Waals surface area (Å²) in [5.74, 6) is -1.58. The molecule has 3 aromatic rings. The third-order valence-electron chi connectivity index (χ3n) is 3.91. The van der Waals surface area contributed by atoms with Crippen LogP contribution in [0.25, 0.3) is 11.3 Å². The minimum absolute atomic E-state index is 0.0451. The number of hydrogen-bond donors (Lipinski definition) is 1. The van der Waals surface area contributed by atoms with Crippen LogP contribution < -0.4 is 10.1 Å². The Labute approximate surface area is 165 Å². The SMILES string of the molecule is Cc1onc(-c2ccccc2OC(F)(F)F)c1C(=O)Nc1cccc(C(F)(F)F)c1. The Kier molecular flexibility index (Phi) is 5.47. The molecular formula is C19H12F6N2O3. The highest BCUT2D eigenvalue weighted by atomic mass is 19.4. The monoisotopic (exact) mass is 430 g/mol. The van der Waals surface area contributed by atoms with E-state index in [1.54, 1.807) is 0 Å². The Morgan fingerprint density at radius 2 is 1.73 bits per heavy atom. The van der Waals surface area contributed by atoms with Gasteiger partial charge in [-0.25, -0.2) is 0 Å². The van der Waals surface area contributed by atoms with Crippen LogP contribution in [0.2, 0.25) is 0 Å². The number of carbonyl (C=O) groups excluding carboxylic acids is 1. The van der Waals surface area contributed by atoms with E-state index in [9.17, 15) is 31.1 Å². The number of aryl methyl sites for hydroxylation is 1. The van der Waals surface area contributed by atoms with Gasteiger partial charge in [0.05, 0.1) is 5.56 Å². The van der Waals surface area contributed by atoms with Crippen molar-refractivity contribution in [2.24, 2.45) is 0 Å². The van der Waals surface area contributed by atoms with Crippen molar-refractivity contribution in [3.05, 3.63) is 65.4 Å². The van der Waals surface area contributed by atoms with Crippen molar-refractivity contribution < 1.29 is 40.4 Å². The number of rotatable bonds is 4. The van der Waals surface area contributed by atoms with E-state index in [2.05, 4.69) is 15.2 Å². The quantitative estimate of drug-likeness (QED) is 0.530. The van der Waals surface area contributed by atoms with E-state index in [1.165, 1.54) is 31.2 Å². The molecule has 0 saturated carbocycles. The number of aromatic nitrogens is 1. The van der Waals surface area contributed by atoms with E-state index in [0.717, 1.165) is 24.3 Å². The molecule has 1 aromatic heterocycles. The number of ether oxygens (including phenoxy) is 1.